The van der Waals surface area contributed by atoms with Gasteiger partial charge in [0.2, 0.25) is 0 Å². The Labute approximate surface area is 130 Å². The Balaban J connectivity index is 1.78. The number of rotatable bonds is 5. The van der Waals surface area contributed by atoms with Gasteiger partial charge in [-0.25, -0.2) is 4.98 Å². The Morgan fingerprint density at radius 2 is 2.29 bits per heavy atom. The summed E-state index contributed by atoms with van der Waals surface area (Å²) >= 11 is 7.48. The van der Waals surface area contributed by atoms with E-state index in [4.69, 9.17) is 11.6 Å². The number of halogens is 1. The first kappa shape index (κ1) is 14.1. The molecule has 1 N–H and O–H groups in total. The lowest BCUT2D eigenvalue weighted by Gasteiger charge is -2.11. The second kappa shape index (κ2) is 5.87. The van der Waals surface area contributed by atoms with Crippen LogP contribution in [-0.4, -0.2) is 20.5 Å². The molecule has 0 aliphatic carbocycles. The molecular weight excluding hydrogens is 308 g/mol. The summed E-state index contributed by atoms with van der Waals surface area (Å²) in [4.78, 5) is 16.8. The Bertz CT molecular complexity index is 752. The molecule has 0 aliphatic rings. The largest absolute Gasteiger partial charge is 0.481 e. The van der Waals surface area contributed by atoms with Crippen LogP contribution < -0.4 is 0 Å². The molecule has 2 aromatic heterocycles. The smallest absolute Gasteiger partial charge is 0.307 e. The second-order valence-corrected chi connectivity index (χ2v) is 6.21. The average Bonchev–Trinajstić information content (AvgIpc) is 2.98. The van der Waals surface area contributed by atoms with Crippen molar-refractivity contribution in [1.82, 2.24) is 9.38 Å². The summed E-state index contributed by atoms with van der Waals surface area (Å²) in [6.07, 6.45) is 4.67. The Morgan fingerprint density at radius 1 is 1.43 bits per heavy atom. The van der Waals surface area contributed by atoms with Gasteiger partial charge < -0.3 is 5.11 Å². The van der Waals surface area contributed by atoms with Crippen molar-refractivity contribution in [2.45, 2.75) is 12.8 Å². The molecule has 21 heavy (non-hydrogen) atoms. The molecule has 0 saturated carbocycles. The number of thiazole rings is 1. The standard InChI is InChI=1S/C15H13ClN2O2S/c16-12-3-1-2-10(7-12)6-11(14(19)20)8-13-9-18-4-5-21-15(18)17-13/h1-5,7,9,11H,6,8H2,(H,19,20). The monoisotopic (exact) mass is 320 g/mol. The van der Waals surface area contributed by atoms with Crippen LogP contribution in [0.1, 0.15) is 11.3 Å². The van der Waals surface area contributed by atoms with Crippen molar-refractivity contribution >= 4 is 33.9 Å². The fraction of sp³-hybridized carbons (Fsp3) is 0.200. The highest BCUT2D eigenvalue weighted by atomic mass is 35.5. The summed E-state index contributed by atoms with van der Waals surface area (Å²) in [5.41, 5.74) is 1.73. The third-order valence-corrected chi connectivity index (χ3v) is 4.32. The van der Waals surface area contributed by atoms with Crippen LogP contribution in [0.3, 0.4) is 0 Å². The summed E-state index contributed by atoms with van der Waals surface area (Å²) in [5.74, 6) is -1.32. The van der Waals surface area contributed by atoms with Crippen LogP contribution in [0.15, 0.2) is 42.0 Å². The lowest BCUT2D eigenvalue weighted by molar-refractivity contribution is -0.141. The molecule has 0 spiro atoms. The maximum absolute atomic E-state index is 11.5. The molecule has 3 rings (SSSR count). The minimum atomic E-state index is -0.814. The molecule has 6 heteroatoms. The highest BCUT2D eigenvalue weighted by Crippen LogP contribution is 2.19. The van der Waals surface area contributed by atoms with Crippen LogP contribution in [0.5, 0.6) is 0 Å². The number of hydrogen-bond donors (Lipinski definition) is 1. The lowest BCUT2D eigenvalue weighted by atomic mass is 9.95. The van der Waals surface area contributed by atoms with Crippen molar-refractivity contribution in [3.63, 3.8) is 0 Å². The summed E-state index contributed by atoms with van der Waals surface area (Å²) in [6, 6.07) is 7.32. The topological polar surface area (TPSA) is 54.6 Å². The van der Waals surface area contributed by atoms with Gasteiger partial charge in [0.15, 0.2) is 4.96 Å². The van der Waals surface area contributed by atoms with Gasteiger partial charge in [0.25, 0.3) is 0 Å². The number of nitrogens with zero attached hydrogens (tertiary/aromatic N) is 2. The van der Waals surface area contributed by atoms with Gasteiger partial charge in [0.05, 0.1) is 11.6 Å². The number of imidazole rings is 1. The van der Waals surface area contributed by atoms with Gasteiger partial charge in [-0.1, -0.05) is 23.7 Å². The summed E-state index contributed by atoms with van der Waals surface area (Å²) in [6.45, 7) is 0. The van der Waals surface area contributed by atoms with Crippen LogP contribution in [0.4, 0.5) is 0 Å². The van der Waals surface area contributed by atoms with Crippen LogP contribution in [-0.2, 0) is 17.6 Å². The first-order valence-electron chi connectivity index (χ1n) is 6.50. The van der Waals surface area contributed by atoms with E-state index in [-0.39, 0.29) is 0 Å². The maximum atomic E-state index is 11.5. The third-order valence-electron chi connectivity index (χ3n) is 3.32. The summed E-state index contributed by atoms with van der Waals surface area (Å²) in [5, 5.41) is 12.0. The van der Waals surface area contributed by atoms with Crippen molar-refractivity contribution in [3.8, 4) is 0 Å². The lowest BCUT2D eigenvalue weighted by Crippen LogP contribution is -2.19. The molecule has 0 aliphatic heterocycles. The number of aliphatic carboxylic acids is 1. The van der Waals surface area contributed by atoms with Gasteiger partial charge in [-0.2, -0.15) is 0 Å². The highest BCUT2D eigenvalue weighted by Gasteiger charge is 2.20. The van der Waals surface area contributed by atoms with E-state index in [9.17, 15) is 9.90 Å². The highest BCUT2D eigenvalue weighted by molar-refractivity contribution is 7.15. The van der Waals surface area contributed by atoms with E-state index >= 15 is 0 Å². The van der Waals surface area contributed by atoms with Gasteiger partial charge in [0.1, 0.15) is 0 Å². The van der Waals surface area contributed by atoms with E-state index in [0.29, 0.717) is 17.9 Å². The van der Waals surface area contributed by atoms with Crippen molar-refractivity contribution < 1.29 is 9.90 Å². The van der Waals surface area contributed by atoms with E-state index in [1.807, 2.05) is 40.4 Å². The van der Waals surface area contributed by atoms with Gasteiger partial charge in [0, 0.05) is 29.2 Å². The number of carboxylic acid groups (broad SMARTS) is 1. The van der Waals surface area contributed by atoms with Crippen molar-refractivity contribution in [3.05, 3.63) is 58.3 Å². The molecule has 0 fully saturated rings. The number of carboxylic acids is 1. The molecule has 0 radical (unpaired) electrons. The van der Waals surface area contributed by atoms with Gasteiger partial charge in [-0.15, -0.1) is 11.3 Å². The Hall–Kier alpha value is -1.85. The Kier molecular flexibility index (Phi) is 3.94. The predicted octanol–water partition coefficient (Wildman–Crippen LogP) is 3.54. The molecule has 1 atom stereocenters. The predicted molar refractivity (Wildman–Crippen MR) is 83.1 cm³/mol. The van der Waals surface area contributed by atoms with Gasteiger partial charge >= 0.3 is 5.97 Å². The van der Waals surface area contributed by atoms with E-state index in [1.54, 1.807) is 6.07 Å². The SMILES string of the molecule is O=C(O)C(Cc1cccc(Cl)c1)Cc1cn2ccsc2n1. The minimum Gasteiger partial charge on any atom is -0.481 e. The van der Waals surface area contributed by atoms with Crippen LogP contribution in [0.2, 0.25) is 5.02 Å². The number of benzene rings is 1. The molecular formula is C15H13ClN2O2S. The van der Waals surface area contributed by atoms with Gasteiger partial charge in [-0.3, -0.25) is 9.20 Å². The molecule has 1 unspecified atom stereocenters. The molecule has 0 saturated heterocycles. The summed E-state index contributed by atoms with van der Waals surface area (Å²) in [7, 11) is 0. The first-order valence-corrected chi connectivity index (χ1v) is 7.76. The number of carbonyl (C=O) groups is 1. The molecule has 3 aromatic rings. The number of aromatic nitrogens is 2. The molecule has 0 bridgehead atoms. The number of fused-ring (bicyclic) bond motifs is 1. The van der Waals surface area contributed by atoms with Crippen LogP contribution in [0.25, 0.3) is 4.96 Å². The zero-order chi connectivity index (χ0) is 14.8. The zero-order valence-corrected chi connectivity index (χ0v) is 12.6. The molecule has 4 nitrogen and oxygen atoms in total. The molecule has 108 valence electrons. The van der Waals surface area contributed by atoms with Gasteiger partial charge in [-0.05, 0) is 24.1 Å². The zero-order valence-electron chi connectivity index (χ0n) is 11.1. The third kappa shape index (κ3) is 3.25. The average molecular weight is 321 g/mol. The van der Waals surface area contributed by atoms with E-state index in [0.717, 1.165) is 16.2 Å². The maximum Gasteiger partial charge on any atom is 0.307 e. The van der Waals surface area contributed by atoms with Crippen molar-refractivity contribution in [2.75, 3.05) is 0 Å². The van der Waals surface area contributed by atoms with Crippen molar-refractivity contribution in [2.24, 2.45) is 5.92 Å². The van der Waals surface area contributed by atoms with E-state index < -0.39 is 11.9 Å². The van der Waals surface area contributed by atoms with Crippen LogP contribution >= 0.6 is 22.9 Å². The van der Waals surface area contributed by atoms with Crippen LogP contribution in [0, 0.1) is 5.92 Å². The Morgan fingerprint density at radius 3 is 3.00 bits per heavy atom. The first-order chi connectivity index (χ1) is 10.1. The van der Waals surface area contributed by atoms with Crippen molar-refractivity contribution in [1.29, 1.82) is 0 Å². The normalized spacial score (nSPS) is 12.6. The number of hydrogen-bond acceptors (Lipinski definition) is 3. The fourth-order valence-corrected chi connectivity index (χ4v) is 3.25. The molecule has 2 heterocycles. The van der Waals surface area contributed by atoms with E-state index in [2.05, 4.69) is 4.98 Å². The van der Waals surface area contributed by atoms with E-state index in [1.165, 1.54) is 11.3 Å². The molecule has 1 aromatic carbocycles. The fourth-order valence-electron chi connectivity index (χ4n) is 2.32. The quantitative estimate of drug-likeness (QED) is 0.782. The minimum absolute atomic E-state index is 0.413. The second-order valence-electron chi connectivity index (χ2n) is 4.90. The molecule has 0 amide bonds. The summed E-state index contributed by atoms with van der Waals surface area (Å²) < 4.78 is 1.91.